The molecule has 0 saturated heterocycles. The first kappa shape index (κ1) is 29.9. The van der Waals surface area contributed by atoms with Gasteiger partial charge in [-0.1, -0.05) is 194 Å². The van der Waals surface area contributed by atoms with Crippen molar-refractivity contribution < 1.29 is 0 Å². The molecule has 238 valence electrons. The van der Waals surface area contributed by atoms with Gasteiger partial charge in [0, 0.05) is 16.9 Å². The number of rotatable bonds is 6. The number of aromatic nitrogens is 1. The molecule has 1 heterocycles. The predicted octanol–water partition coefficient (Wildman–Crippen LogP) is 11.5. The summed E-state index contributed by atoms with van der Waals surface area (Å²) in [5, 5.41) is 0. The molecule has 8 aromatic rings. The summed E-state index contributed by atoms with van der Waals surface area (Å²) < 4.78 is 2.53. The Balaban J connectivity index is 1.62. The van der Waals surface area contributed by atoms with E-state index in [1.165, 1.54) is 61.5 Å². The molecular formula is C49H37N. The summed E-state index contributed by atoms with van der Waals surface area (Å²) in [6, 6.07) is 75.9. The summed E-state index contributed by atoms with van der Waals surface area (Å²) in [6.45, 7) is 2.34. The largest absolute Gasteiger partial charge is 0.313 e. The molecule has 0 fully saturated rings. The average molecular weight is 640 g/mol. The molecule has 0 aliphatic heterocycles. The third-order valence-electron chi connectivity index (χ3n) is 10.8. The van der Waals surface area contributed by atoms with Crippen LogP contribution in [0.2, 0.25) is 0 Å². The lowest BCUT2D eigenvalue weighted by molar-refractivity contribution is 0.618. The van der Waals surface area contributed by atoms with E-state index in [9.17, 15) is 0 Å². The van der Waals surface area contributed by atoms with Gasteiger partial charge in [-0.3, -0.25) is 0 Å². The van der Waals surface area contributed by atoms with Gasteiger partial charge < -0.3 is 4.57 Å². The number of fused-ring (bicyclic) bond motifs is 2. The predicted molar refractivity (Wildman–Crippen MR) is 206 cm³/mol. The van der Waals surface area contributed by atoms with Crippen LogP contribution >= 0.6 is 0 Å². The minimum Gasteiger partial charge on any atom is -0.313 e. The lowest BCUT2D eigenvalue weighted by Crippen LogP contribution is -2.45. The molecule has 1 aliphatic rings. The summed E-state index contributed by atoms with van der Waals surface area (Å²) >= 11 is 0. The van der Waals surface area contributed by atoms with Crippen LogP contribution in [0.25, 0.3) is 16.9 Å². The van der Waals surface area contributed by atoms with Gasteiger partial charge in [0.2, 0.25) is 0 Å². The Hall–Kier alpha value is -6.18. The quantitative estimate of drug-likeness (QED) is 0.171. The molecule has 1 heteroatoms. The Morgan fingerprint density at radius 1 is 0.340 bits per heavy atom. The monoisotopic (exact) mass is 639 g/mol. The van der Waals surface area contributed by atoms with Crippen molar-refractivity contribution in [3.05, 3.63) is 256 Å². The number of nitrogens with zero attached hydrogens (tertiary/aromatic N) is 1. The third-order valence-corrected chi connectivity index (χ3v) is 10.8. The lowest BCUT2D eigenvalue weighted by atomic mass is 9.50. The summed E-state index contributed by atoms with van der Waals surface area (Å²) in [5.41, 5.74) is 13.7. The zero-order chi connectivity index (χ0) is 33.5. The Bertz CT molecular complexity index is 2310. The Morgan fingerprint density at radius 2 is 0.660 bits per heavy atom. The summed E-state index contributed by atoms with van der Waals surface area (Å²) in [5.74, 6) is 0. The van der Waals surface area contributed by atoms with Crippen molar-refractivity contribution >= 4 is 0 Å². The maximum Gasteiger partial charge on any atom is 0.0729 e. The number of benzene rings is 7. The van der Waals surface area contributed by atoms with Gasteiger partial charge in [0.05, 0.1) is 16.5 Å². The smallest absolute Gasteiger partial charge is 0.0729 e. The van der Waals surface area contributed by atoms with Crippen LogP contribution in [0.4, 0.5) is 0 Å². The van der Waals surface area contributed by atoms with Crippen molar-refractivity contribution in [1.29, 1.82) is 0 Å². The Labute approximate surface area is 294 Å². The molecule has 0 spiro atoms. The first-order valence-corrected chi connectivity index (χ1v) is 17.5. The summed E-state index contributed by atoms with van der Waals surface area (Å²) in [4.78, 5) is 0. The van der Waals surface area contributed by atoms with Gasteiger partial charge in [0.25, 0.3) is 0 Å². The van der Waals surface area contributed by atoms with Crippen molar-refractivity contribution in [2.24, 2.45) is 0 Å². The summed E-state index contributed by atoms with van der Waals surface area (Å²) in [6.07, 6.45) is 0. The van der Waals surface area contributed by atoms with E-state index in [0.29, 0.717) is 0 Å². The topological polar surface area (TPSA) is 4.93 Å². The molecule has 0 saturated carbocycles. The highest BCUT2D eigenvalue weighted by Gasteiger charge is 2.57. The average Bonchev–Trinajstić information content (AvgIpc) is 3.52. The van der Waals surface area contributed by atoms with Crippen molar-refractivity contribution in [2.75, 3.05) is 0 Å². The zero-order valence-corrected chi connectivity index (χ0v) is 28.1. The second-order valence-electron chi connectivity index (χ2n) is 13.2. The molecule has 0 unspecified atom stereocenters. The highest BCUT2D eigenvalue weighted by Crippen LogP contribution is 2.63. The van der Waals surface area contributed by atoms with E-state index >= 15 is 0 Å². The van der Waals surface area contributed by atoms with Crippen LogP contribution in [0.3, 0.4) is 0 Å². The van der Waals surface area contributed by atoms with Gasteiger partial charge in [-0.25, -0.2) is 0 Å². The second kappa shape index (κ2) is 12.1. The van der Waals surface area contributed by atoms with Crippen LogP contribution in [0, 0.1) is 6.92 Å². The molecular weight excluding hydrogens is 603 g/mol. The van der Waals surface area contributed by atoms with Crippen molar-refractivity contribution in [1.82, 2.24) is 4.57 Å². The van der Waals surface area contributed by atoms with Crippen LogP contribution in [0.15, 0.2) is 206 Å². The fourth-order valence-electron chi connectivity index (χ4n) is 8.98. The van der Waals surface area contributed by atoms with Gasteiger partial charge in [-0.05, 0) is 63.6 Å². The van der Waals surface area contributed by atoms with E-state index in [2.05, 4.69) is 218 Å². The SMILES string of the molecule is Cc1c2c(c(-c3ccccc3)n1-c1ccccc1)C(c1ccccc1)(c1ccccc1)c1ccccc1C2(c1ccccc1)c1ccccc1. The molecule has 0 radical (unpaired) electrons. The van der Waals surface area contributed by atoms with Crippen LogP contribution in [-0.4, -0.2) is 4.57 Å². The van der Waals surface area contributed by atoms with Gasteiger partial charge in [0.15, 0.2) is 0 Å². The molecule has 1 nitrogen and oxygen atoms in total. The molecule has 0 amide bonds. The van der Waals surface area contributed by atoms with Crippen LogP contribution in [0.1, 0.15) is 50.2 Å². The normalized spacial score (nSPS) is 14.0. The molecule has 7 aromatic carbocycles. The minimum absolute atomic E-state index is 0.616. The van der Waals surface area contributed by atoms with Gasteiger partial charge >= 0.3 is 0 Å². The maximum absolute atomic E-state index is 2.53. The van der Waals surface area contributed by atoms with Crippen LogP contribution < -0.4 is 0 Å². The Morgan fingerprint density at radius 3 is 1.06 bits per heavy atom. The molecule has 1 aromatic heterocycles. The van der Waals surface area contributed by atoms with E-state index in [1.54, 1.807) is 0 Å². The molecule has 0 bridgehead atoms. The first-order valence-electron chi connectivity index (χ1n) is 17.5. The molecule has 9 rings (SSSR count). The lowest BCUT2D eigenvalue weighted by Gasteiger charge is -2.50. The van der Waals surface area contributed by atoms with Gasteiger partial charge in [-0.2, -0.15) is 0 Å². The molecule has 50 heavy (non-hydrogen) atoms. The number of para-hydroxylation sites is 1. The standard InChI is InChI=1S/C49H37N/c1-36-45-46(47(37-22-8-2-9-23-37)50(36)42-32-18-7-19-33-42)49(40-28-14-5-15-29-40,41-30-16-6-17-31-41)44-35-21-20-34-43(44)48(45,38-24-10-3-11-25-38)39-26-12-4-13-27-39/h2-35H,1H3. The van der Waals surface area contributed by atoms with Crippen molar-refractivity contribution in [3.8, 4) is 16.9 Å². The van der Waals surface area contributed by atoms with Crippen LogP contribution in [0.5, 0.6) is 0 Å². The molecule has 0 N–H and O–H groups in total. The van der Waals surface area contributed by atoms with Crippen molar-refractivity contribution in [2.45, 2.75) is 17.8 Å². The van der Waals surface area contributed by atoms with Gasteiger partial charge in [0.1, 0.15) is 0 Å². The fraction of sp³-hybridized carbons (Fsp3) is 0.0612. The Kier molecular flexibility index (Phi) is 7.21. The van der Waals surface area contributed by atoms with Crippen LogP contribution in [-0.2, 0) is 10.8 Å². The van der Waals surface area contributed by atoms with E-state index < -0.39 is 10.8 Å². The molecule has 0 atom stereocenters. The first-order chi connectivity index (χ1) is 24.8. The highest BCUT2D eigenvalue weighted by atomic mass is 15.0. The third kappa shape index (κ3) is 4.20. The second-order valence-corrected chi connectivity index (χ2v) is 13.2. The maximum atomic E-state index is 2.53. The van der Waals surface area contributed by atoms with E-state index in [1.807, 2.05) is 0 Å². The highest BCUT2D eigenvalue weighted by molar-refractivity contribution is 5.85. The summed E-state index contributed by atoms with van der Waals surface area (Å²) in [7, 11) is 0. The minimum atomic E-state index is -0.641. The van der Waals surface area contributed by atoms with E-state index in [4.69, 9.17) is 0 Å². The van der Waals surface area contributed by atoms with E-state index in [0.717, 1.165) is 5.69 Å². The van der Waals surface area contributed by atoms with Crippen molar-refractivity contribution in [3.63, 3.8) is 0 Å². The molecule has 1 aliphatic carbocycles. The fourth-order valence-corrected chi connectivity index (χ4v) is 8.98. The zero-order valence-electron chi connectivity index (χ0n) is 28.1. The van der Waals surface area contributed by atoms with E-state index in [-0.39, 0.29) is 0 Å². The number of hydrogen-bond acceptors (Lipinski definition) is 0. The van der Waals surface area contributed by atoms with Gasteiger partial charge in [-0.15, -0.1) is 0 Å². The number of hydrogen-bond donors (Lipinski definition) is 0.